The molecule has 0 bridgehead atoms. The highest BCUT2D eigenvalue weighted by atomic mass is 16.5. The van der Waals surface area contributed by atoms with Crippen molar-refractivity contribution in [2.75, 3.05) is 57.7 Å². The van der Waals surface area contributed by atoms with Crippen LogP contribution in [-0.2, 0) is 0 Å². The summed E-state index contributed by atoms with van der Waals surface area (Å²) < 4.78 is 10.7. The highest BCUT2D eigenvalue weighted by molar-refractivity contribution is 6.05. The Hall–Kier alpha value is -2.73. The lowest BCUT2D eigenvalue weighted by molar-refractivity contribution is 0.102. The average Bonchev–Trinajstić information content (AvgIpc) is 2.69. The van der Waals surface area contributed by atoms with Crippen LogP contribution in [0.4, 0.5) is 11.4 Å². The van der Waals surface area contributed by atoms with Gasteiger partial charge in [-0.05, 0) is 56.8 Å². The van der Waals surface area contributed by atoms with E-state index in [2.05, 4.69) is 35.2 Å². The van der Waals surface area contributed by atoms with Crippen molar-refractivity contribution in [3.05, 3.63) is 47.0 Å². The van der Waals surface area contributed by atoms with E-state index in [0.717, 1.165) is 43.0 Å². The lowest BCUT2D eigenvalue weighted by Crippen LogP contribution is -2.44. The monoisotopic (exact) mass is 383 g/mol. The summed E-state index contributed by atoms with van der Waals surface area (Å²) in [5, 5.41) is 2.98. The van der Waals surface area contributed by atoms with E-state index in [-0.39, 0.29) is 5.91 Å². The zero-order valence-corrected chi connectivity index (χ0v) is 17.3. The van der Waals surface area contributed by atoms with E-state index in [1.54, 1.807) is 26.4 Å². The number of nitrogens with one attached hydrogen (secondary N) is 1. The number of amides is 1. The zero-order chi connectivity index (χ0) is 20.3. The van der Waals surface area contributed by atoms with Crippen molar-refractivity contribution in [1.82, 2.24) is 4.90 Å². The predicted octanol–water partition coefficient (Wildman–Crippen LogP) is 3.32. The molecule has 0 saturated carbocycles. The summed E-state index contributed by atoms with van der Waals surface area (Å²) in [6.07, 6.45) is 0. The van der Waals surface area contributed by atoms with Gasteiger partial charge in [0.2, 0.25) is 0 Å². The van der Waals surface area contributed by atoms with Crippen LogP contribution in [0.1, 0.15) is 21.5 Å². The van der Waals surface area contributed by atoms with Gasteiger partial charge in [-0.25, -0.2) is 0 Å². The van der Waals surface area contributed by atoms with Crippen molar-refractivity contribution < 1.29 is 14.3 Å². The SMILES string of the molecule is COc1cc(C(=O)Nc2ccc(N3CCN(C)CC3)c(C)c2)cc(OC)c1C. The first-order chi connectivity index (χ1) is 13.4. The van der Waals surface area contributed by atoms with Crippen LogP contribution in [0.15, 0.2) is 30.3 Å². The van der Waals surface area contributed by atoms with Gasteiger partial charge >= 0.3 is 0 Å². The maximum absolute atomic E-state index is 12.8. The summed E-state index contributed by atoms with van der Waals surface area (Å²) in [7, 11) is 5.33. The molecule has 1 N–H and O–H groups in total. The Morgan fingerprint density at radius 2 is 1.57 bits per heavy atom. The first-order valence-electron chi connectivity index (χ1n) is 9.51. The first kappa shape index (κ1) is 20.0. The molecule has 1 heterocycles. The van der Waals surface area contributed by atoms with Crippen molar-refractivity contribution in [1.29, 1.82) is 0 Å². The number of piperazine rings is 1. The van der Waals surface area contributed by atoms with E-state index >= 15 is 0 Å². The molecule has 2 aromatic rings. The second-order valence-corrected chi connectivity index (χ2v) is 7.25. The number of likely N-dealkylation sites (N-methyl/N-ethyl adjacent to an activating group) is 1. The zero-order valence-electron chi connectivity index (χ0n) is 17.3. The summed E-state index contributed by atoms with van der Waals surface area (Å²) >= 11 is 0. The van der Waals surface area contributed by atoms with E-state index in [9.17, 15) is 4.79 Å². The van der Waals surface area contributed by atoms with Gasteiger partial charge in [0.25, 0.3) is 5.91 Å². The number of anilines is 2. The Morgan fingerprint density at radius 3 is 2.11 bits per heavy atom. The van der Waals surface area contributed by atoms with E-state index in [1.165, 1.54) is 5.69 Å². The molecule has 6 nitrogen and oxygen atoms in total. The van der Waals surface area contributed by atoms with Gasteiger partial charge < -0.3 is 24.6 Å². The standard InChI is InChI=1S/C22H29N3O3/c1-15-12-18(6-7-19(15)25-10-8-24(3)9-11-25)23-22(26)17-13-20(27-4)16(2)21(14-17)28-5/h6-7,12-14H,8-11H2,1-5H3,(H,23,26). The van der Waals surface area contributed by atoms with Crippen molar-refractivity contribution in [2.24, 2.45) is 0 Å². The number of carbonyl (C=O) groups excluding carboxylic acids is 1. The van der Waals surface area contributed by atoms with Crippen molar-refractivity contribution in [3.8, 4) is 11.5 Å². The van der Waals surface area contributed by atoms with E-state index in [1.807, 2.05) is 19.1 Å². The van der Waals surface area contributed by atoms with Crippen LogP contribution in [-0.4, -0.2) is 58.3 Å². The molecule has 3 rings (SSSR count). The molecule has 0 radical (unpaired) electrons. The minimum Gasteiger partial charge on any atom is -0.496 e. The average molecular weight is 383 g/mol. The Morgan fingerprint density at radius 1 is 0.964 bits per heavy atom. The minimum atomic E-state index is -0.191. The molecular weight excluding hydrogens is 354 g/mol. The van der Waals surface area contributed by atoms with Gasteiger partial charge in [-0.15, -0.1) is 0 Å². The number of aryl methyl sites for hydroxylation is 1. The van der Waals surface area contributed by atoms with Crippen molar-refractivity contribution >= 4 is 17.3 Å². The molecule has 1 amide bonds. The van der Waals surface area contributed by atoms with Crippen LogP contribution < -0.4 is 19.7 Å². The smallest absolute Gasteiger partial charge is 0.255 e. The van der Waals surface area contributed by atoms with E-state index in [0.29, 0.717) is 17.1 Å². The van der Waals surface area contributed by atoms with Gasteiger partial charge in [0.15, 0.2) is 0 Å². The van der Waals surface area contributed by atoms with Gasteiger partial charge in [0.1, 0.15) is 11.5 Å². The van der Waals surface area contributed by atoms with E-state index < -0.39 is 0 Å². The number of methoxy groups -OCH3 is 2. The largest absolute Gasteiger partial charge is 0.496 e. The van der Waals surface area contributed by atoms with Gasteiger partial charge in [-0.2, -0.15) is 0 Å². The maximum atomic E-state index is 12.8. The molecule has 1 aliphatic heterocycles. The highest BCUT2D eigenvalue weighted by Gasteiger charge is 2.17. The van der Waals surface area contributed by atoms with Crippen LogP contribution in [0.3, 0.4) is 0 Å². The van der Waals surface area contributed by atoms with Crippen LogP contribution in [0.2, 0.25) is 0 Å². The topological polar surface area (TPSA) is 54.0 Å². The molecule has 1 fully saturated rings. The molecule has 1 aliphatic rings. The van der Waals surface area contributed by atoms with Crippen LogP contribution in [0.5, 0.6) is 11.5 Å². The fraction of sp³-hybridized carbons (Fsp3) is 0.409. The van der Waals surface area contributed by atoms with Crippen LogP contribution in [0, 0.1) is 13.8 Å². The number of hydrogen-bond donors (Lipinski definition) is 1. The Kier molecular flexibility index (Phi) is 6.09. The van der Waals surface area contributed by atoms with E-state index in [4.69, 9.17) is 9.47 Å². The van der Waals surface area contributed by atoms with Gasteiger partial charge in [0, 0.05) is 48.7 Å². The second-order valence-electron chi connectivity index (χ2n) is 7.25. The molecule has 1 saturated heterocycles. The number of rotatable bonds is 5. The predicted molar refractivity (Wildman–Crippen MR) is 113 cm³/mol. The normalized spacial score (nSPS) is 14.7. The number of nitrogens with zero attached hydrogens (tertiary/aromatic N) is 2. The van der Waals surface area contributed by atoms with Crippen LogP contribution >= 0.6 is 0 Å². The summed E-state index contributed by atoms with van der Waals surface area (Å²) in [5.74, 6) is 1.07. The van der Waals surface area contributed by atoms with Crippen molar-refractivity contribution in [2.45, 2.75) is 13.8 Å². The molecule has 6 heteroatoms. The third-order valence-electron chi connectivity index (χ3n) is 5.31. The Balaban J connectivity index is 1.77. The number of carbonyl (C=O) groups is 1. The Labute approximate surface area is 167 Å². The fourth-order valence-corrected chi connectivity index (χ4v) is 3.56. The highest BCUT2D eigenvalue weighted by Crippen LogP contribution is 2.30. The fourth-order valence-electron chi connectivity index (χ4n) is 3.56. The second kappa shape index (κ2) is 8.52. The molecule has 28 heavy (non-hydrogen) atoms. The molecule has 0 unspecified atom stereocenters. The number of hydrogen-bond acceptors (Lipinski definition) is 5. The molecule has 2 aromatic carbocycles. The van der Waals surface area contributed by atoms with Crippen LogP contribution in [0.25, 0.3) is 0 Å². The van der Waals surface area contributed by atoms with Gasteiger partial charge in [0.05, 0.1) is 14.2 Å². The molecule has 0 spiro atoms. The minimum absolute atomic E-state index is 0.191. The quantitative estimate of drug-likeness (QED) is 0.858. The Bertz CT molecular complexity index is 833. The summed E-state index contributed by atoms with van der Waals surface area (Å²) in [5.41, 5.74) is 4.53. The summed E-state index contributed by atoms with van der Waals surface area (Å²) in [4.78, 5) is 17.5. The van der Waals surface area contributed by atoms with Crippen molar-refractivity contribution in [3.63, 3.8) is 0 Å². The molecule has 150 valence electrons. The first-order valence-corrected chi connectivity index (χ1v) is 9.51. The number of ether oxygens (including phenoxy) is 2. The molecule has 0 aromatic heterocycles. The maximum Gasteiger partial charge on any atom is 0.255 e. The molecular formula is C22H29N3O3. The van der Waals surface area contributed by atoms with Gasteiger partial charge in [-0.1, -0.05) is 0 Å². The third kappa shape index (κ3) is 4.22. The van der Waals surface area contributed by atoms with Gasteiger partial charge in [-0.3, -0.25) is 4.79 Å². The summed E-state index contributed by atoms with van der Waals surface area (Å²) in [6.45, 7) is 8.16. The summed E-state index contributed by atoms with van der Waals surface area (Å²) in [6, 6.07) is 9.54. The molecule has 0 aliphatic carbocycles. The number of benzene rings is 2. The lowest BCUT2D eigenvalue weighted by atomic mass is 10.1. The lowest BCUT2D eigenvalue weighted by Gasteiger charge is -2.35. The molecule has 0 atom stereocenters. The third-order valence-corrected chi connectivity index (χ3v) is 5.31.